The van der Waals surface area contributed by atoms with Gasteiger partial charge in [0.15, 0.2) is 0 Å². The van der Waals surface area contributed by atoms with E-state index in [1.807, 2.05) is 18.9 Å². The van der Waals surface area contributed by atoms with Gasteiger partial charge < -0.3 is 5.73 Å². The Morgan fingerprint density at radius 1 is 1.78 bits per heavy atom. The van der Waals surface area contributed by atoms with E-state index in [4.69, 9.17) is 5.73 Å². The van der Waals surface area contributed by atoms with Gasteiger partial charge in [0.2, 0.25) is 5.91 Å². The first-order valence-corrected chi connectivity index (χ1v) is 3.08. The van der Waals surface area contributed by atoms with E-state index < -0.39 is 0 Å². The van der Waals surface area contributed by atoms with Gasteiger partial charge in [-0.2, -0.15) is 0 Å². The number of hydrogen-bond donors (Lipinski definition) is 1. The molecule has 0 saturated carbocycles. The van der Waals surface area contributed by atoms with Crippen LogP contribution >= 0.6 is 0 Å². The molecule has 0 bridgehead atoms. The molecule has 0 radical (unpaired) electrons. The van der Waals surface area contributed by atoms with E-state index in [1.165, 1.54) is 0 Å². The average molecular weight is 128 g/mol. The van der Waals surface area contributed by atoms with Gasteiger partial charge in [-0.25, -0.2) is 0 Å². The van der Waals surface area contributed by atoms with Gasteiger partial charge in [-0.3, -0.25) is 9.69 Å². The first-order valence-electron chi connectivity index (χ1n) is 3.08. The highest BCUT2D eigenvalue weighted by Gasteiger charge is 2.42. The Hall–Kier alpha value is -0.570. The molecule has 1 saturated heterocycles. The lowest BCUT2D eigenvalue weighted by molar-refractivity contribution is -0.135. The first-order chi connectivity index (χ1) is 4.07. The van der Waals surface area contributed by atoms with Crippen LogP contribution in [0.5, 0.6) is 0 Å². The number of carbonyl (C=O) groups excluding carboxylic acids is 1. The van der Waals surface area contributed by atoms with Crippen LogP contribution in [0, 0.1) is 0 Å². The minimum Gasteiger partial charge on any atom is -0.368 e. The van der Waals surface area contributed by atoms with E-state index in [-0.39, 0.29) is 11.4 Å². The SMILES string of the molecule is CN1CC[C@]1(C)C(N)=O. The summed E-state index contributed by atoms with van der Waals surface area (Å²) in [4.78, 5) is 12.7. The smallest absolute Gasteiger partial charge is 0.237 e. The Balaban J connectivity index is 2.64. The molecule has 1 amide bonds. The van der Waals surface area contributed by atoms with Gasteiger partial charge in [-0.1, -0.05) is 0 Å². The number of rotatable bonds is 1. The van der Waals surface area contributed by atoms with Gasteiger partial charge >= 0.3 is 0 Å². The third-order valence-corrected chi connectivity index (χ3v) is 2.31. The molecule has 52 valence electrons. The fraction of sp³-hybridized carbons (Fsp3) is 0.833. The molecule has 3 nitrogen and oxygen atoms in total. The molecule has 0 unspecified atom stereocenters. The molecule has 0 aromatic heterocycles. The predicted octanol–water partition coefficient (Wildman–Crippen LogP) is -0.434. The molecule has 0 aromatic carbocycles. The van der Waals surface area contributed by atoms with Crippen LogP contribution in [0.2, 0.25) is 0 Å². The minimum absolute atomic E-state index is 0.212. The maximum Gasteiger partial charge on any atom is 0.237 e. The van der Waals surface area contributed by atoms with Crippen LogP contribution in [0.1, 0.15) is 13.3 Å². The molecule has 1 rings (SSSR count). The third-order valence-electron chi connectivity index (χ3n) is 2.31. The number of likely N-dealkylation sites (N-methyl/N-ethyl adjacent to an activating group) is 1. The molecule has 1 atom stereocenters. The molecule has 1 aliphatic rings. The Morgan fingerprint density at radius 2 is 2.33 bits per heavy atom. The van der Waals surface area contributed by atoms with Crippen molar-refractivity contribution in [2.24, 2.45) is 5.73 Å². The molecule has 1 aliphatic heterocycles. The highest BCUT2D eigenvalue weighted by Crippen LogP contribution is 2.26. The zero-order valence-corrected chi connectivity index (χ0v) is 5.85. The highest BCUT2D eigenvalue weighted by molar-refractivity contribution is 5.85. The number of carbonyl (C=O) groups is 1. The summed E-state index contributed by atoms with van der Waals surface area (Å²) in [5.41, 5.74) is 4.79. The summed E-state index contributed by atoms with van der Waals surface area (Å²) in [6.07, 6.45) is 0.902. The Kier molecular flexibility index (Phi) is 1.24. The normalized spacial score (nSPS) is 35.8. The van der Waals surface area contributed by atoms with E-state index in [0.717, 1.165) is 13.0 Å². The lowest BCUT2D eigenvalue weighted by Crippen LogP contribution is -2.62. The predicted molar refractivity (Wildman–Crippen MR) is 34.8 cm³/mol. The van der Waals surface area contributed by atoms with Gasteiger partial charge in [0.1, 0.15) is 0 Å². The maximum atomic E-state index is 10.7. The van der Waals surface area contributed by atoms with Gasteiger partial charge in [-0.15, -0.1) is 0 Å². The van der Waals surface area contributed by atoms with Crippen LogP contribution in [0.3, 0.4) is 0 Å². The summed E-state index contributed by atoms with van der Waals surface area (Å²) in [6, 6.07) is 0. The van der Waals surface area contributed by atoms with Crippen molar-refractivity contribution in [3.63, 3.8) is 0 Å². The molecule has 2 N–H and O–H groups in total. The molecule has 9 heavy (non-hydrogen) atoms. The van der Waals surface area contributed by atoms with Crippen molar-refractivity contribution >= 4 is 5.91 Å². The number of hydrogen-bond acceptors (Lipinski definition) is 2. The van der Waals surface area contributed by atoms with Crippen molar-refractivity contribution in [1.82, 2.24) is 4.90 Å². The summed E-state index contributed by atoms with van der Waals surface area (Å²) in [6.45, 7) is 2.86. The van der Waals surface area contributed by atoms with Crippen LogP contribution in [-0.2, 0) is 4.79 Å². The van der Waals surface area contributed by atoms with Gasteiger partial charge in [0.25, 0.3) is 0 Å². The van der Waals surface area contributed by atoms with Crippen molar-refractivity contribution in [2.45, 2.75) is 18.9 Å². The number of amides is 1. The van der Waals surface area contributed by atoms with E-state index >= 15 is 0 Å². The summed E-state index contributed by atoms with van der Waals surface area (Å²) >= 11 is 0. The summed E-state index contributed by atoms with van der Waals surface area (Å²) in [7, 11) is 1.91. The Labute approximate surface area is 54.8 Å². The maximum absolute atomic E-state index is 10.7. The quantitative estimate of drug-likeness (QED) is 0.520. The summed E-state index contributed by atoms with van der Waals surface area (Å²) in [5, 5.41) is 0. The second-order valence-electron chi connectivity index (χ2n) is 2.81. The van der Waals surface area contributed by atoms with Gasteiger partial charge in [0.05, 0.1) is 5.54 Å². The molecular weight excluding hydrogens is 116 g/mol. The largest absolute Gasteiger partial charge is 0.368 e. The van der Waals surface area contributed by atoms with E-state index in [0.29, 0.717) is 0 Å². The van der Waals surface area contributed by atoms with Gasteiger partial charge in [0, 0.05) is 6.54 Å². The fourth-order valence-electron chi connectivity index (χ4n) is 0.982. The number of likely N-dealkylation sites (tertiary alicyclic amines) is 1. The lowest BCUT2D eigenvalue weighted by atomic mass is 9.87. The second kappa shape index (κ2) is 1.70. The standard InChI is InChI=1S/C6H12N2O/c1-6(5(7)9)3-4-8(6)2/h3-4H2,1-2H3,(H2,7,9)/t6-/m1/s1. The molecule has 0 aromatic rings. The number of primary amides is 1. The number of nitrogens with two attached hydrogens (primary N) is 1. The molecule has 0 aliphatic carbocycles. The van der Waals surface area contributed by atoms with Crippen LogP contribution in [0.25, 0.3) is 0 Å². The summed E-state index contributed by atoms with van der Waals surface area (Å²) < 4.78 is 0. The second-order valence-corrected chi connectivity index (χ2v) is 2.81. The molecular formula is C6H12N2O. The lowest BCUT2D eigenvalue weighted by Gasteiger charge is -2.45. The van der Waals surface area contributed by atoms with Crippen LogP contribution < -0.4 is 5.73 Å². The molecule has 1 heterocycles. The van der Waals surface area contributed by atoms with Crippen LogP contribution in [0.4, 0.5) is 0 Å². The number of nitrogens with zero attached hydrogens (tertiary/aromatic N) is 1. The van der Waals surface area contributed by atoms with Gasteiger partial charge in [-0.05, 0) is 20.4 Å². The van der Waals surface area contributed by atoms with Crippen molar-refractivity contribution < 1.29 is 4.79 Å². The van der Waals surface area contributed by atoms with Crippen molar-refractivity contribution in [2.75, 3.05) is 13.6 Å². The molecule has 0 spiro atoms. The van der Waals surface area contributed by atoms with E-state index in [2.05, 4.69) is 0 Å². The topological polar surface area (TPSA) is 46.3 Å². The highest BCUT2D eigenvalue weighted by atomic mass is 16.1. The zero-order chi connectivity index (χ0) is 7.07. The van der Waals surface area contributed by atoms with E-state index in [1.54, 1.807) is 0 Å². The summed E-state index contributed by atoms with van der Waals surface area (Å²) in [5.74, 6) is -0.212. The monoisotopic (exact) mass is 128 g/mol. The molecule has 3 heteroatoms. The molecule has 1 fully saturated rings. The Morgan fingerprint density at radius 3 is 2.33 bits per heavy atom. The average Bonchev–Trinajstić information content (AvgIpc) is 1.82. The van der Waals surface area contributed by atoms with Crippen molar-refractivity contribution in [1.29, 1.82) is 0 Å². The minimum atomic E-state index is -0.347. The first kappa shape index (κ1) is 6.55. The van der Waals surface area contributed by atoms with Crippen molar-refractivity contribution in [3.05, 3.63) is 0 Å². The van der Waals surface area contributed by atoms with Crippen LogP contribution in [0.15, 0.2) is 0 Å². The third kappa shape index (κ3) is 0.721. The Bertz CT molecular complexity index is 146. The van der Waals surface area contributed by atoms with E-state index in [9.17, 15) is 4.79 Å². The zero-order valence-electron chi connectivity index (χ0n) is 5.85. The van der Waals surface area contributed by atoms with Crippen molar-refractivity contribution in [3.8, 4) is 0 Å². The fourth-order valence-corrected chi connectivity index (χ4v) is 0.982. The van der Waals surface area contributed by atoms with Crippen LogP contribution in [-0.4, -0.2) is 29.9 Å².